The van der Waals surface area contributed by atoms with E-state index in [0.29, 0.717) is 28.9 Å². The highest BCUT2D eigenvalue weighted by Gasteiger charge is 2.17. The first-order valence-corrected chi connectivity index (χ1v) is 6.70. The number of esters is 1. The maximum absolute atomic E-state index is 12.2. The van der Waals surface area contributed by atoms with Crippen LogP contribution in [0.1, 0.15) is 30.6 Å². The average Bonchev–Trinajstić information content (AvgIpc) is 2.78. The fourth-order valence-corrected chi connectivity index (χ4v) is 2.59. The molecular weight excluding hydrogens is 252 g/mol. The minimum atomic E-state index is -0.461. The lowest BCUT2D eigenvalue weighted by molar-refractivity contribution is 0.0529. The number of aromatic nitrogens is 2. The summed E-state index contributed by atoms with van der Waals surface area (Å²) in [6, 6.07) is 0. The number of ether oxygens (including phenoxy) is 1. The van der Waals surface area contributed by atoms with E-state index in [4.69, 9.17) is 4.74 Å². The molecule has 0 amide bonds. The average molecular weight is 266 g/mol. The van der Waals surface area contributed by atoms with Crippen molar-refractivity contribution in [3.05, 3.63) is 27.6 Å². The lowest BCUT2D eigenvalue weighted by Crippen LogP contribution is -2.21. The highest BCUT2D eigenvalue weighted by Crippen LogP contribution is 2.21. The fourth-order valence-electron chi connectivity index (χ4n) is 1.73. The Morgan fingerprint density at radius 1 is 1.50 bits per heavy atom. The summed E-state index contributed by atoms with van der Waals surface area (Å²) in [4.78, 5) is 28.8. The summed E-state index contributed by atoms with van der Waals surface area (Å²) < 4.78 is 6.47. The van der Waals surface area contributed by atoms with Crippen LogP contribution in [0.5, 0.6) is 0 Å². The number of nitrogens with zero attached hydrogens (tertiary/aromatic N) is 2. The van der Waals surface area contributed by atoms with Crippen molar-refractivity contribution in [3.8, 4) is 0 Å². The summed E-state index contributed by atoms with van der Waals surface area (Å²) in [6.07, 6.45) is 2.37. The molecule has 6 heteroatoms. The zero-order chi connectivity index (χ0) is 13.1. The van der Waals surface area contributed by atoms with Crippen LogP contribution in [0.3, 0.4) is 0 Å². The van der Waals surface area contributed by atoms with E-state index < -0.39 is 5.97 Å². The van der Waals surface area contributed by atoms with E-state index >= 15 is 0 Å². The highest BCUT2D eigenvalue weighted by atomic mass is 32.1. The molecule has 0 aliphatic heterocycles. The quantitative estimate of drug-likeness (QED) is 0.795. The van der Waals surface area contributed by atoms with E-state index in [0.717, 1.165) is 6.42 Å². The maximum atomic E-state index is 12.2. The molecule has 2 rings (SSSR count). The van der Waals surface area contributed by atoms with E-state index in [9.17, 15) is 9.59 Å². The van der Waals surface area contributed by atoms with Crippen LogP contribution >= 0.6 is 11.3 Å². The van der Waals surface area contributed by atoms with Crippen LogP contribution in [0, 0.1) is 0 Å². The fraction of sp³-hybridized carbons (Fsp3) is 0.417. The maximum Gasteiger partial charge on any atom is 0.339 e. The topological polar surface area (TPSA) is 61.2 Å². The zero-order valence-electron chi connectivity index (χ0n) is 10.3. The number of aryl methyl sites for hydroxylation is 1. The molecule has 0 N–H and O–H groups in total. The predicted octanol–water partition coefficient (Wildman–Crippen LogP) is 2.04. The lowest BCUT2D eigenvalue weighted by Gasteiger charge is -2.03. The first kappa shape index (κ1) is 12.8. The van der Waals surface area contributed by atoms with Gasteiger partial charge in [-0.2, -0.15) is 0 Å². The Balaban J connectivity index is 2.59. The normalized spacial score (nSPS) is 10.8. The Labute approximate surface area is 108 Å². The minimum Gasteiger partial charge on any atom is -0.462 e. The van der Waals surface area contributed by atoms with Crippen LogP contribution in [0.4, 0.5) is 0 Å². The number of thiophene rings is 1. The second kappa shape index (κ2) is 5.30. The summed E-state index contributed by atoms with van der Waals surface area (Å²) in [5.41, 5.74) is 0.144. The van der Waals surface area contributed by atoms with Gasteiger partial charge in [-0.05, 0) is 13.3 Å². The monoisotopic (exact) mass is 266 g/mol. The van der Waals surface area contributed by atoms with Gasteiger partial charge in [-0.15, -0.1) is 11.3 Å². The Bertz CT molecular complexity index is 630. The van der Waals surface area contributed by atoms with Gasteiger partial charge in [-0.25, -0.2) is 9.78 Å². The molecule has 0 saturated heterocycles. The van der Waals surface area contributed by atoms with Crippen LogP contribution in [-0.4, -0.2) is 22.1 Å². The van der Waals surface area contributed by atoms with Crippen molar-refractivity contribution < 1.29 is 9.53 Å². The third-order valence-corrected chi connectivity index (χ3v) is 3.41. The summed E-state index contributed by atoms with van der Waals surface area (Å²) in [5, 5.41) is 2.00. The largest absolute Gasteiger partial charge is 0.462 e. The summed E-state index contributed by atoms with van der Waals surface area (Å²) in [6.45, 7) is 4.61. The predicted molar refractivity (Wildman–Crippen MR) is 70.1 cm³/mol. The molecule has 0 aliphatic carbocycles. The van der Waals surface area contributed by atoms with Gasteiger partial charge in [0.05, 0.1) is 23.9 Å². The summed E-state index contributed by atoms with van der Waals surface area (Å²) in [7, 11) is 0. The smallest absolute Gasteiger partial charge is 0.339 e. The van der Waals surface area contributed by atoms with Gasteiger partial charge in [0.2, 0.25) is 0 Å². The third-order valence-electron chi connectivity index (χ3n) is 2.52. The number of hydrogen-bond donors (Lipinski definition) is 0. The van der Waals surface area contributed by atoms with Crippen molar-refractivity contribution in [1.29, 1.82) is 0 Å². The number of fused-ring (bicyclic) bond motifs is 1. The number of carbonyl (C=O) groups is 1. The van der Waals surface area contributed by atoms with Gasteiger partial charge in [0.15, 0.2) is 0 Å². The molecule has 0 unspecified atom stereocenters. The molecule has 0 radical (unpaired) electrons. The van der Waals surface area contributed by atoms with Crippen LogP contribution in [0.2, 0.25) is 0 Å². The van der Waals surface area contributed by atoms with Gasteiger partial charge in [0, 0.05) is 11.9 Å². The molecule has 0 fully saturated rings. The first-order chi connectivity index (χ1) is 8.69. The number of hydrogen-bond acceptors (Lipinski definition) is 5. The van der Waals surface area contributed by atoms with Gasteiger partial charge in [-0.1, -0.05) is 6.92 Å². The Hall–Kier alpha value is -1.69. The van der Waals surface area contributed by atoms with E-state index in [-0.39, 0.29) is 5.56 Å². The molecule has 0 spiro atoms. The van der Waals surface area contributed by atoms with Crippen molar-refractivity contribution in [2.75, 3.05) is 6.61 Å². The Kier molecular flexibility index (Phi) is 3.76. The highest BCUT2D eigenvalue weighted by molar-refractivity contribution is 7.17. The second-order valence-electron chi connectivity index (χ2n) is 3.79. The van der Waals surface area contributed by atoms with Crippen molar-refractivity contribution in [3.63, 3.8) is 0 Å². The van der Waals surface area contributed by atoms with E-state index in [2.05, 4.69) is 4.98 Å². The van der Waals surface area contributed by atoms with E-state index in [1.54, 1.807) is 12.3 Å². The summed E-state index contributed by atoms with van der Waals surface area (Å²) >= 11 is 1.28. The Morgan fingerprint density at radius 2 is 2.28 bits per heavy atom. The van der Waals surface area contributed by atoms with Crippen LogP contribution < -0.4 is 5.56 Å². The molecular formula is C12H14N2O3S. The molecule has 0 aromatic carbocycles. The number of carbonyl (C=O) groups excluding carboxylic acids is 1. The zero-order valence-corrected chi connectivity index (χ0v) is 11.1. The van der Waals surface area contributed by atoms with Gasteiger partial charge >= 0.3 is 5.97 Å². The summed E-state index contributed by atoms with van der Waals surface area (Å²) in [5.74, 6) is -0.461. The van der Waals surface area contributed by atoms with Crippen LogP contribution in [0.15, 0.2) is 16.5 Å². The molecule has 2 heterocycles. The van der Waals surface area contributed by atoms with E-state index in [1.165, 1.54) is 22.2 Å². The van der Waals surface area contributed by atoms with Crippen molar-refractivity contribution >= 4 is 27.5 Å². The molecule has 0 atom stereocenters. The molecule has 5 nitrogen and oxygen atoms in total. The van der Waals surface area contributed by atoms with Gasteiger partial charge < -0.3 is 4.74 Å². The van der Waals surface area contributed by atoms with E-state index in [1.807, 2.05) is 6.92 Å². The molecule has 0 saturated carbocycles. The third kappa shape index (κ3) is 2.15. The second-order valence-corrected chi connectivity index (χ2v) is 4.65. The molecule has 96 valence electrons. The molecule has 2 aromatic heterocycles. The standard InChI is InChI=1S/C12H14N2O3S/c1-3-5-14-7-13-10-9(11(14)15)8(6-18-10)12(16)17-4-2/h6-7H,3-5H2,1-2H3. The molecule has 0 bridgehead atoms. The van der Waals surface area contributed by atoms with Crippen LogP contribution in [-0.2, 0) is 11.3 Å². The van der Waals surface area contributed by atoms with Crippen LogP contribution in [0.25, 0.3) is 10.2 Å². The van der Waals surface area contributed by atoms with Crippen molar-refractivity contribution in [2.24, 2.45) is 0 Å². The van der Waals surface area contributed by atoms with Gasteiger partial charge in [0.1, 0.15) is 4.83 Å². The molecule has 0 aliphatic rings. The Morgan fingerprint density at radius 3 is 2.94 bits per heavy atom. The first-order valence-electron chi connectivity index (χ1n) is 5.82. The van der Waals surface area contributed by atoms with Gasteiger partial charge in [-0.3, -0.25) is 9.36 Å². The molecule has 18 heavy (non-hydrogen) atoms. The van der Waals surface area contributed by atoms with Gasteiger partial charge in [0.25, 0.3) is 5.56 Å². The van der Waals surface area contributed by atoms with Crippen molar-refractivity contribution in [2.45, 2.75) is 26.8 Å². The lowest BCUT2D eigenvalue weighted by atomic mass is 10.2. The molecule has 2 aromatic rings. The number of rotatable bonds is 4. The SMILES string of the molecule is CCCn1cnc2scc(C(=O)OCC)c2c1=O. The minimum absolute atomic E-state index is 0.175. The van der Waals surface area contributed by atoms with Crippen molar-refractivity contribution in [1.82, 2.24) is 9.55 Å².